The molecule has 0 amide bonds. The lowest BCUT2D eigenvalue weighted by Crippen LogP contribution is -1.98. The Balaban J connectivity index is 3.30. The van der Waals surface area contributed by atoms with Gasteiger partial charge in [0.05, 0.1) is 7.11 Å². The van der Waals surface area contributed by atoms with Crippen molar-refractivity contribution in [1.29, 1.82) is 0 Å². The summed E-state index contributed by atoms with van der Waals surface area (Å²) in [6, 6.07) is 0. The Kier molecular flexibility index (Phi) is 17.7. The van der Waals surface area contributed by atoms with Crippen LogP contribution in [0, 0.1) is 0 Å². The highest BCUT2D eigenvalue weighted by Crippen LogP contribution is 2.07. The maximum absolute atomic E-state index is 10.9. The van der Waals surface area contributed by atoms with E-state index in [2.05, 4.69) is 48.1 Å². The van der Waals surface area contributed by atoms with E-state index in [9.17, 15) is 4.79 Å². The van der Waals surface area contributed by atoms with E-state index in [4.69, 9.17) is 0 Å². The highest BCUT2D eigenvalue weighted by atomic mass is 16.5. The highest BCUT2D eigenvalue weighted by Gasteiger charge is 1.98. The Morgan fingerprint density at radius 3 is 1.83 bits per heavy atom. The molecule has 0 aromatic rings. The van der Waals surface area contributed by atoms with Crippen molar-refractivity contribution >= 4 is 5.97 Å². The maximum atomic E-state index is 10.9. The molecule has 0 bridgehead atoms. The van der Waals surface area contributed by atoms with Gasteiger partial charge in [-0.2, -0.15) is 0 Å². The fourth-order valence-corrected chi connectivity index (χ4v) is 2.28. The number of hydrogen-bond acceptors (Lipinski definition) is 2. The molecule has 2 heteroatoms. The Morgan fingerprint density at radius 2 is 1.26 bits per heavy atom. The maximum Gasteiger partial charge on any atom is 0.305 e. The quantitative estimate of drug-likeness (QED) is 0.195. The molecule has 0 aromatic carbocycles. The number of esters is 1. The summed E-state index contributed by atoms with van der Waals surface area (Å²) < 4.78 is 4.62. The van der Waals surface area contributed by atoms with Crippen LogP contribution < -0.4 is 0 Å². The summed E-state index contributed by atoms with van der Waals surface area (Å²) in [6.45, 7) is 2.24. The van der Waals surface area contributed by atoms with Crippen molar-refractivity contribution in [1.82, 2.24) is 0 Å². The van der Waals surface area contributed by atoms with Crippen LogP contribution in [0.1, 0.15) is 84.0 Å². The first-order chi connectivity index (χ1) is 11.3. The summed E-state index contributed by atoms with van der Waals surface area (Å²) >= 11 is 0. The van der Waals surface area contributed by atoms with Crippen molar-refractivity contribution in [3.63, 3.8) is 0 Å². The number of carbonyl (C=O) groups is 1. The first-order valence-corrected chi connectivity index (χ1v) is 9.33. The molecule has 0 saturated heterocycles. The molecule has 0 aliphatic carbocycles. The minimum absolute atomic E-state index is 0.0903. The summed E-state index contributed by atoms with van der Waals surface area (Å²) in [6.07, 6.45) is 27.0. The van der Waals surface area contributed by atoms with E-state index >= 15 is 0 Å². The zero-order chi connectivity index (χ0) is 17.0. The Labute approximate surface area is 143 Å². The van der Waals surface area contributed by atoms with Crippen LogP contribution in [-0.4, -0.2) is 13.1 Å². The minimum Gasteiger partial charge on any atom is -0.469 e. The summed E-state index contributed by atoms with van der Waals surface area (Å²) in [5, 5.41) is 0. The number of methoxy groups -OCH3 is 1. The van der Waals surface area contributed by atoms with Crippen LogP contribution in [0.15, 0.2) is 36.5 Å². The largest absolute Gasteiger partial charge is 0.469 e. The highest BCUT2D eigenvalue weighted by molar-refractivity contribution is 5.68. The van der Waals surface area contributed by atoms with Crippen LogP contribution >= 0.6 is 0 Å². The van der Waals surface area contributed by atoms with Crippen molar-refractivity contribution in [2.45, 2.75) is 84.0 Å². The number of allylic oxidation sites excluding steroid dienone is 6. The molecule has 0 heterocycles. The molecule has 0 spiro atoms. The van der Waals surface area contributed by atoms with Gasteiger partial charge in [0.25, 0.3) is 0 Å². The number of hydrogen-bond donors (Lipinski definition) is 0. The van der Waals surface area contributed by atoms with Gasteiger partial charge in [-0.3, -0.25) is 4.79 Å². The predicted octanol–water partition coefficient (Wildman–Crippen LogP) is 6.53. The van der Waals surface area contributed by atoms with Gasteiger partial charge >= 0.3 is 5.97 Å². The van der Waals surface area contributed by atoms with E-state index in [1.807, 2.05) is 0 Å². The van der Waals surface area contributed by atoms with Crippen LogP contribution in [0.5, 0.6) is 0 Å². The van der Waals surface area contributed by atoms with Crippen LogP contribution in [-0.2, 0) is 9.53 Å². The molecule has 23 heavy (non-hydrogen) atoms. The third kappa shape index (κ3) is 18.6. The van der Waals surface area contributed by atoms with Crippen molar-refractivity contribution in [3.8, 4) is 0 Å². The fourth-order valence-electron chi connectivity index (χ4n) is 2.28. The molecule has 0 aliphatic heterocycles. The lowest BCUT2D eigenvalue weighted by Gasteiger charge is -1.99. The molecule has 0 saturated carbocycles. The smallest absolute Gasteiger partial charge is 0.305 e. The van der Waals surface area contributed by atoms with Gasteiger partial charge in [0.1, 0.15) is 0 Å². The summed E-state index contributed by atoms with van der Waals surface area (Å²) in [5.74, 6) is -0.0903. The average Bonchev–Trinajstić information content (AvgIpc) is 2.57. The standard InChI is InChI=1S/C21H36O2/c1-3-4-5-6-7-8-9-10-11-12-13-14-15-16-17-18-19-20-21(22)23-2/h7-8,10-11,13-14H,3-6,9,12,15-20H2,1-2H3/b8-7?,11-10-,14-13-. The van der Waals surface area contributed by atoms with Crippen molar-refractivity contribution in [3.05, 3.63) is 36.5 Å². The summed E-state index contributed by atoms with van der Waals surface area (Å²) in [7, 11) is 1.45. The Hall–Kier alpha value is -1.31. The number of ether oxygens (including phenoxy) is 1. The van der Waals surface area contributed by atoms with Gasteiger partial charge in [-0.1, -0.05) is 69.1 Å². The first-order valence-electron chi connectivity index (χ1n) is 9.33. The second-order valence-electron chi connectivity index (χ2n) is 5.91. The zero-order valence-corrected chi connectivity index (χ0v) is 15.3. The van der Waals surface area contributed by atoms with E-state index in [-0.39, 0.29) is 5.97 Å². The summed E-state index contributed by atoms with van der Waals surface area (Å²) in [5.41, 5.74) is 0. The third-order valence-electron chi connectivity index (χ3n) is 3.75. The topological polar surface area (TPSA) is 26.3 Å². The van der Waals surface area contributed by atoms with Gasteiger partial charge in [-0.15, -0.1) is 0 Å². The molecule has 132 valence electrons. The Morgan fingerprint density at radius 1 is 0.739 bits per heavy atom. The van der Waals surface area contributed by atoms with Crippen molar-refractivity contribution in [2.75, 3.05) is 7.11 Å². The Bertz CT molecular complexity index is 340. The lowest BCUT2D eigenvalue weighted by atomic mass is 10.1. The van der Waals surface area contributed by atoms with E-state index in [0.29, 0.717) is 6.42 Å². The average molecular weight is 321 g/mol. The molecular weight excluding hydrogens is 284 g/mol. The number of unbranched alkanes of at least 4 members (excludes halogenated alkanes) is 7. The van der Waals surface area contributed by atoms with Gasteiger partial charge in [0.15, 0.2) is 0 Å². The molecule has 0 aliphatic rings. The van der Waals surface area contributed by atoms with Gasteiger partial charge in [-0.25, -0.2) is 0 Å². The van der Waals surface area contributed by atoms with Crippen LogP contribution in [0.3, 0.4) is 0 Å². The summed E-state index contributed by atoms with van der Waals surface area (Å²) in [4.78, 5) is 10.9. The number of carbonyl (C=O) groups excluding carboxylic acids is 1. The van der Waals surface area contributed by atoms with E-state index < -0.39 is 0 Å². The second-order valence-corrected chi connectivity index (χ2v) is 5.91. The zero-order valence-electron chi connectivity index (χ0n) is 15.3. The molecule has 0 rings (SSSR count). The van der Waals surface area contributed by atoms with E-state index in [0.717, 1.165) is 32.1 Å². The van der Waals surface area contributed by atoms with Crippen molar-refractivity contribution < 1.29 is 9.53 Å². The van der Waals surface area contributed by atoms with Crippen LogP contribution in [0.25, 0.3) is 0 Å². The molecule has 2 nitrogen and oxygen atoms in total. The van der Waals surface area contributed by atoms with Gasteiger partial charge in [-0.05, 0) is 44.9 Å². The van der Waals surface area contributed by atoms with Gasteiger partial charge in [0.2, 0.25) is 0 Å². The molecule has 0 aromatic heterocycles. The molecule has 0 fully saturated rings. The third-order valence-corrected chi connectivity index (χ3v) is 3.75. The SMILES string of the molecule is CCCCCC=CC/C=C\C/C=C\CCCCCCC(=O)OC. The molecule has 0 atom stereocenters. The lowest BCUT2D eigenvalue weighted by molar-refractivity contribution is -0.140. The predicted molar refractivity (Wildman–Crippen MR) is 101 cm³/mol. The molecule has 0 unspecified atom stereocenters. The van der Waals surface area contributed by atoms with E-state index in [1.165, 1.54) is 45.6 Å². The normalized spacial score (nSPS) is 11.9. The molecular formula is C21H36O2. The monoisotopic (exact) mass is 320 g/mol. The van der Waals surface area contributed by atoms with Gasteiger partial charge in [0, 0.05) is 6.42 Å². The van der Waals surface area contributed by atoms with Crippen molar-refractivity contribution in [2.24, 2.45) is 0 Å². The van der Waals surface area contributed by atoms with Crippen LogP contribution in [0.2, 0.25) is 0 Å². The number of rotatable bonds is 15. The van der Waals surface area contributed by atoms with Crippen LogP contribution in [0.4, 0.5) is 0 Å². The molecule has 0 radical (unpaired) electrons. The van der Waals surface area contributed by atoms with Gasteiger partial charge < -0.3 is 4.74 Å². The first kappa shape index (κ1) is 21.7. The molecule has 0 N–H and O–H groups in total. The fraction of sp³-hybridized carbons (Fsp3) is 0.667. The minimum atomic E-state index is -0.0903. The van der Waals surface area contributed by atoms with E-state index in [1.54, 1.807) is 0 Å². The second kappa shape index (κ2) is 18.7.